The first-order chi connectivity index (χ1) is 9.16. The van der Waals surface area contributed by atoms with Crippen LogP contribution in [0.1, 0.15) is 21.5 Å². The summed E-state index contributed by atoms with van der Waals surface area (Å²) in [6.45, 7) is 3.34. The van der Waals surface area contributed by atoms with E-state index in [4.69, 9.17) is 0 Å². The summed E-state index contributed by atoms with van der Waals surface area (Å²) in [5.74, 6) is 0.164. The molecule has 2 rings (SSSR count). The maximum atomic E-state index is 12.1. The lowest BCUT2D eigenvalue weighted by molar-refractivity contribution is 0.0943. The summed E-state index contributed by atoms with van der Waals surface area (Å²) in [7, 11) is 1.98. The number of carbonyl (C=O) groups is 1. The zero-order valence-corrected chi connectivity index (χ0v) is 11.5. The summed E-state index contributed by atoms with van der Waals surface area (Å²) in [6, 6.07) is 17.7. The zero-order valence-electron chi connectivity index (χ0n) is 11.5. The van der Waals surface area contributed by atoms with E-state index in [1.165, 1.54) is 11.1 Å². The highest BCUT2D eigenvalue weighted by atomic mass is 16.1. The van der Waals surface area contributed by atoms with E-state index < -0.39 is 0 Å². The molecule has 0 aliphatic rings. The van der Waals surface area contributed by atoms with Gasteiger partial charge in [0.25, 0.3) is 0 Å². The fraction of sp³-hybridized carbons (Fsp3) is 0.235. The van der Waals surface area contributed by atoms with Crippen molar-refractivity contribution in [1.29, 1.82) is 0 Å². The molecular formula is C17H19NO. The molecule has 2 aromatic carbocycles. The lowest BCUT2D eigenvalue weighted by Gasteiger charge is -2.17. The van der Waals surface area contributed by atoms with Gasteiger partial charge in [0.05, 0.1) is 6.54 Å². The third kappa shape index (κ3) is 3.76. The number of carbonyl (C=O) groups excluding carboxylic acids is 1. The van der Waals surface area contributed by atoms with E-state index in [1.54, 1.807) is 0 Å². The third-order valence-corrected chi connectivity index (χ3v) is 3.21. The summed E-state index contributed by atoms with van der Waals surface area (Å²) in [6.07, 6.45) is 0. The first kappa shape index (κ1) is 13.5. The summed E-state index contributed by atoms with van der Waals surface area (Å²) < 4.78 is 0. The van der Waals surface area contributed by atoms with Crippen LogP contribution in [-0.4, -0.2) is 24.3 Å². The number of nitrogens with zero attached hydrogens (tertiary/aromatic N) is 1. The molecular weight excluding hydrogens is 234 g/mol. The van der Waals surface area contributed by atoms with Gasteiger partial charge in [0.15, 0.2) is 5.78 Å². The van der Waals surface area contributed by atoms with Gasteiger partial charge in [0.1, 0.15) is 0 Å². The van der Waals surface area contributed by atoms with Crippen LogP contribution in [0.5, 0.6) is 0 Å². The van der Waals surface area contributed by atoms with Crippen molar-refractivity contribution in [2.24, 2.45) is 0 Å². The number of rotatable bonds is 5. The summed E-state index contributed by atoms with van der Waals surface area (Å²) in [5.41, 5.74) is 3.31. The van der Waals surface area contributed by atoms with Crippen LogP contribution in [0.3, 0.4) is 0 Å². The number of hydrogen-bond donors (Lipinski definition) is 0. The average molecular weight is 253 g/mol. The molecule has 2 heteroatoms. The lowest BCUT2D eigenvalue weighted by Crippen LogP contribution is -2.25. The molecule has 0 bridgehead atoms. The third-order valence-electron chi connectivity index (χ3n) is 3.21. The highest BCUT2D eigenvalue weighted by Gasteiger charge is 2.09. The van der Waals surface area contributed by atoms with Crippen LogP contribution in [0.25, 0.3) is 0 Å². The largest absolute Gasteiger partial charge is 0.295 e. The molecule has 0 heterocycles. The molecule has 0 N–H and O–H groups in total. The fourth-order valence-corrected chi connectivity index (χ4v) is 2.09. The lowest BCUT2D eigenvalue weighted by atomic mass is 10.1. The normalized spacial score (nSPS) is 10.7. The zero-order chi connectivity index (χ0) is 13.7. The van der Waals surface area contributed by atoms with E-state index in [0.717, 1.165) is 12.1 Å². The molecule has 19 heavy (non-hydrogen) atoms. The van der Waals surface area contributed by atoms with Crippen molar-refractivity contribution in [1.82, 2.24) is 4.90 Å². The maximum Gasteiger partial charge on any atom is 0.176 e. The Morgan fingerprint density at radius 3 is 2.32 bits per heavy atom. The van der Waals surface area contributed by atoms with E-state index in [2.05, 4.69) is 24.0 Å². The predicted octanol–water partition coefficient (Wildman–Crippen LogP) is 3.31. The van der Waals surface area contributed by atoms with Gasteiger partial charge >= 0.3 is 0 Å². The molecule has 2 nitrogen and oxygen atoms in total. The molecule has 0 radical (unpaired) electrons. The Hall–Kier alpha value is -1.93. The Bertz CT molecular complexity index is 548. The summed E-state index contributed by atoms with van der Waals surface area (Å²) in [4.78, 5) is 14.1. The van der Waals surface area contributed by atoms with Crippen molar-refractivity contribution in [2.75, 3.05) is 13.6 Å². The van der Waals surface area contributed by atoms with Crippen LogP contribution in [0.4, 0.5) is 0 Å². The molecule has 0 aliphatic carbocycles. The van der Waals surface area contributed by atoms with E-state index in [1.807, 2.05) is 49.5 Å². The van der Waals surface area contributed by atoms with Gasteiger partial charge in [-0.15, -0.1) is 0 Å². The van der Waals surface area contributed by atoms with Gasteiger partial charge < -0.3 is 0 Å². The maximum absolute atomic E-state index is 12.1. The number of Topliss-reactive ketones (excluding diaryl/α,β-unsaturated/α-hetero) is 1. The number of ketones is 1. The fourth-order valence-electron chi connectivity index (χ4n) is 2.09. The molecule has 2 aromatic rings. The van der Waals surface area contributed by atoms with Crippen LogP contribution in [-0.2, 0) is 6.54 Å². The summed E-state index contributed by atoms with van der Waals surface area (Å²) in [5, 5.41) is 0. The Kier molecular flexibility index (Phi) is 4.48. The molecule has 0 fully saturated rings. The molecule has 0 amide bonds. The second-order valence-corrected chi connectivity index (χ2v) is 4.89. The highest BCUT2D eigenvalue weighted by Crippen LogP contribution is 2.10. The summed E-state index contributed by atoms with van der Waals surface area (Å²) >= 11 is 0. The molecule has 0 unspecified atom stereocenters. The standard InChI is InChI=1S/C17H19NO/c1-14-8-6-7-11-16(14)12-18(2)13-17(19)15-9-4-3-5-10-15/h3-11H,12-13H2,1-2H3. The Morgan fingerprint density at radius 1 is 1.00 bits per heavy atom. The van der Waals surface area contributed by atoms with Gasteiger partial charge in [-0.3, -0.25) is 9.69 Å². The second kappa shape index (κ2) is 6.30. The topological polar surface area (TPSA) is 20.3 Å². The van der Waals surface area contributed by atoms with Gasteiger partial charge in [0, 0.05) is 12.1 Å². The number of likely N-dealkylation sites (N-methyl/N-ethyl adjacent to an activating group) is 1. The Balaban J connectivity index is 1.97. The van der Waals surface area contributed by atoms with E-state index in [0.29, 0.717) is 6.54 Å². The predicted molar refractivity (Wildman–Crippen MR) is 78.3 cm³/mol. The number of hydrogen-bond acceptors (Lipinski definition) is 2. The van der Waals surface area contributed by atoms with E-state index >= 15 is 0 Å². The second-order valence-electron chi connectivity index (χ2n) is 4.89. The van der Waals surface area contributed by atoms with E-state index in [-0.39, 0.29) is 5.78 Å². The van der Waals surface area contributed by atoms with Gasteiger partial charge in [-0.25, -0.2) is 0 Å². The van der Waals surface area contributed by atoms with Crippen LogP contribution < -0.4 is 0 Å². The number of benzene rings is 2. The van der Waals surface area contributed by atoms with E-state index in [9.17, 15) is 4.79 Å². The highest BCUT2D eigenvalue weighted by molar-refractivity contribution is 5.97. The van der Waals surface area contributed by atoms with Gasteiger partial charge in [0.2, 0.25) is 0 Å². The SMILES string of the molecule is Cc1ccccc1CN(C)CC(=O)c1ccccc1. The van der Waals surface area contributed by atoms with Crippen molar-refractivity contribution < 1.29 is 4.79 Å². The smallest absolute Gasteiger partial charge is 0.176 e. The minimum absolute atomic E-state index is 0.164. The number of aryl methyl sites for hydroxylation is 1. The molecule has 0 spiro atoms. The molecule has 0 atom stereocenters. The van der Waals surface area contributed by atoms with Crippen molar-refractivity contribution in [3.8, 4) is 0 Å². The first-order valence-corrected chi connectivity index (χ1v) is 6.48. The average Bonchev–Trinajstić information content (AvgIpc) is 2.42. The van der Waals surface area contributed by atoms with Gasteiger partial charge in [-0.2, -0.15) is 0 Å². The van der Waals surface area contributed by atoms with Crippen LogP contribution >= 0.6 is 0 Å². The monoisotopic (exact) mass is 253 g/mol. The van der Waals surface area contributed by atoms with Gasteiger partial charge in [-0.05, 0) is 25.1 Å². The van der Waals surface area contributed by atoms with Crippen molar-refractivity contribution >= 4 is 5.78 Å². The molecule has 0 aromatic heterocycles. The van der Waals surface area contributed by atoms with Crippen LogP contribution in [0.15, 0.2) is 54.6 Å². The van der Waals surface area contributed by atoms with Crippen molar-refractivity contribution in [3.05, 3.63) is 71.3 Å². The van der Waals surface area contributed by atoms with Crippen molar-refractivity contribution in [3.63, 3.8) is 0 Å². The molecule has 98 valence electrons. The Morgan fingerprint density at radius 2 is 1.63 bits per heavy atom. The molecule has 0 saturated heterocycles. The minimum atomic E-state index is 0.164. The first-order valence-electron chi connectivity index (χ1n) is 6.48. The minimum Gasteiger partial charge on any atom is -0.295 e. The Labute approximate surface area is 114 Å². The van der Waals surface area contributed by atoms with Crippen molar-refractivity contribution in [2.45, 2.75) is 13.5 Å². The quantitative estimate of drug-likeness (QED) is 0.762. The molecule has 0 aliphatic heterocycles. The van der Waals surface area contributed by atoms with Gasteiger partial charge in [-0.1, -0.05) is 54.6 Å². The van der Waals surface area contributed by atoms with Crippen LogP contribution in [0, 0.1) is 6.92 Å². The molecule has 0 saturated carbocycles. The van der Waals surface area contributed by atoms with Crippen LogP contribution in [0.2, 0.25) is 0 Å².